The molecular weight excluding hydrogens is 470 g/mol. The van der Waals surface area contributed by atoms with E-state index < -0.39 is 0 Å². The number of methoxy groups -OCH3 is 1. The van der Waals surface area contributed by atoms with Crippen LogP contribution in [-0.4, -0.2) is 26.7 Å². The normalized spacial score (nSPS) is 11.0. The number of hydrogen-bond acceptors (Lipinski definition) is 8. The van der Waals surface area contributed by atoms with Crippen LogP contribution in [-0.2, 0) is 0 Å². The molecule has 174 valence electrons. The van der Waals surface area contributed by atoms with Crippen LogP contribution in [0.3, 0.4) is 0 Å². The van der Waals surface area contributed by atoms with Crippen molar-refractivity contribution in [2.75, 3.05) is 18.2 Å². The summed E-state index contributed by atoms with van der Waals surface area (Å²) in [6.07, 6.45) is 0. The molecule has 6 rings (SSSR count). The number of thiazole rings is 1. The topological polar surface area (TPSA) is 114 Å². The summed E-state index contributed by atoms with van der Waals surface area (Å²) >= 11 is 1.53. The van der Waals surface area contributed by atoms with Crippen molar-refractivity contribution < 1.29 is 4.74 Å². The summed E-state index contributed by atoms with van der Waals surface area (Å²) in [5, 5.41) is 18.8. The molecule has 0 saturated heterocycles. The van der Waals surface area contributed by atoms with Gasteiger partial charge in [0.15, 0.2) is 11.5 Å². The highest BCUT2D eigenvalue weighted by molar-refractivity contribution is 7.21. The van der Waals surface area contributed by atoms with Crippen molar-refractivity contribution in [1.82, 2.24) is 19.6 Å². The first-order chi connectivity index (χ1) is 17.7. The van der Waals surface area contributed by atoms with Crippen molar-refractivity contribution in [2.45, 2.75) is 0 Å². The van der Waals surface area contributed by atoms with Crippen LogP contribution < -0.4 is 15.8 Å². The molecule has 3 N–H and O–H groups in total. The second-order valence-electron chi connectivity index (χ2n) is 8.00. The van der Waals surface area contributed by atoms with Crippen LogP contribution >= 0.6 is 11.3 Å². The molecule has 0 bridgehead atoms. The zero-order valence-corrected chi connectivity index (χ0v) is 20.0. The summed E-state index contributed by atoms with van der Waals surface area (Å²) in [7, 11) is 1.62. The van der Waals surface area contributed by atoms with Gasteiger partial charge in [-0.25, -0.2) is 14.5 Å². The number of nitrogens with one attached hydrogen (secondary N) is 1. The van der Waals surface area contributed by atoms with Gasteiger partial charge in [0.1, 0.15) is 28.2 Å². The Hall–Kier alpha value is -4.94. The second kappa shape index (κ2) is 8.69. The van der Waals surface area contributed by atoms with E-state index in [9.17, 15) is 5.26 Å². The summed E-state index contributed by atoms with van der Waals surface area (Å²) in [4.78, 5) is 9.47. The van der Waals surface area contributed by atoms with Crippen molar-refractivity contribution >= 4 is 44.5 Å². The number of ether oxygens (including phenoxy) is 1. The Morgan fingerprint density at radius 1 is 0.972 bits per heavy atom. The molecular formula is C27H19N7OS. The summed E-state index contributed by atoms with van der Waals surface area (Å²) in [5.41, 5.74) is 11.1. The Kier molecular flexibility index (Phi) is 5.21. The Labute approximate surface area is 210 Å². The minimum absolute atomic E-state index is 0.273. The number of para-hydroxylation sites is 2. The van der Waals surface area contributed by atoms with Gasteiger partial charge in [0, 0.05) is 11.3 Å². The molecule has 3 heterocycles. The zero-order chi connectivity index (χ0) is 24.6. The number of rotatable bonds is 5. The summed E-state index contributed by atoms with van der Waals surface area (Å²) in [6, 6.07) is 27.3. The number of fused-ring (bicyclic) bond motifs is 2. The molecule has 0 aliphatic rings. The lowest BCUT2D eigenvalue weighted by atomic mass is 10.1. The van der Waals surface area contributed by atoms with Crippen LogP contribution in [0.4, 0.5) is 17.3 Å². The molecule has 0 saturated carbocycles. The van der Waals surface area contributed by atoms with E-state index in [1.165, 1.54) is 11.3 Å². The van der Waals surface area contributed by atoms with E-state index in [0.29, 0.717) is 28.3 Å². The molecule has 8 nitrogen and oxygen atoms in total. The standard InChI is InChI=1S/C27H19N7OS/c1-35-18-13-11-16(12-14-18)23-22(27-31-20-9-5-6-10-21(20)36-27)24(29)32-26-19(15-28)25(33-34(23)26)30-17-7-3-2-4-8-17/h2-14H,1H3,(H2,29,32)(H,30,33). The van der Waals surface area contributed by atoms with Gasteiger partial charge in [-0.1, -0.05) is 30.3 Å². The summed E-state index contributed by atoms with van der Waals surface area (Å²) in [5.74, 6) is 1.39. The predicted molar refractivity (Wildman–Crippen MR) is 142 cm³/mol. The highest BCUT2D eigenvalue weighted by Gasteiger charge is 2.25. The maximum atomic E-state index is 10.0. The molecule has 6 aromatic rings. The van der Waals surface area contributed by atoms with Crippen molar-refractivity contribution in [1.29, 1.82) is 5.26 Å². The van der Waals surface area contributed by atoms with Gasteiger partial charge in [-0.15, -0.1) is 16.4 Å². The van der Waals surface area contributed by atoms with Crippen molar-refractivity contribution in [3.05, 3.63) is 84.4 Å². The molecule has 0 aliphatic carbocycles. The smallest absolute Gasteiger partial charge is 0.178 e. The number of nitrogens with two attached hydrogens (primary N) is 1. The van der Waals surface area contributed by atoms with Crippen LogP contribution in [0.25, 0.3) is 37.7 Å². The van der Waals surface area contributed by atoms with Gasteiger partial charge in [-0.2, -0.15) is 5.26 Å². The fourth-order valence-corrected chi connectivity index (χ4v) is 5.14. The van der Waals surface area contributed by atoms with E-state index in [0.717, 1.165) is 32.2 Å². The van der Waals surface area contributed by atoms with Crippen molar-refractivity contribution in [3.8, 4) is 33.6 Å². The lowest BCUT2D eigenvalue weighted by molar-refractivity contribution is 0.415. The SMILES string of the molecule is COc1ccc(-c2c(-c3nc4ccccc4s3)c(N)nc3c(C#N)c(Nc4ccccc4)nn23)cc1. The molecule has 36 heavy (non-hydrogen) atoms. The van der Waals surface area contributed by atoms with E-state index in [1.54, 1.807) is 11.6 Å². The zero-order valence-electron chi connectivity index (χ0n) is 19.1. The minimum Gasteiger partial charge on any atom is -0.497 e. The Balaban J connectivity index is 1.65. The number of nitrogens with zero attached hydrogens (tertiary/aromatic N) is 5. The van der Waals surface area contributed by atoms with Crippen LogP contribution in [0.2, 0.25) is 0 Å². The predicted octanol–water partition coefficient (Wildman–Crippen LogP) is 5.88. The molecule has 3 aromatic heterocycles. The lowest BCUT2D eigenvalue weighted by Crippen LogP contribution is -2.05. The average molecular weight is 490 g/mol. The highest BCUT2D eigenvalue weighted by Crippen LogP contribution is 2.41. The molecule has 0 fully saturated rings. The van der Waals surface area contributed by atoms with E-state index in [4.69, 9.17) is 20.6 Å². The number of hydrogen-bond donors (Lipinski definition) is 2. The third-order valence-corrected chi connectivity index (χ3v) is 6.87. The highest BCUT2D eigenvalue weighted by atomic mass is 32.1. The van der Waals surface area contributed by atoms with Gasteiger partial charge in [0.05, 0.1) is 28.6 Å². The van der Waals surface area contributed by atoms with Gasteiger partial charge in [-0.05, 0) is 48.5 Å². The van der Waals surface area contributed by atoms with E-state index in [2.05, 4.69) is 16.4 Å². The first kappa shape index (κ1) is 21.6. The molecule has 0 spiro atoms. The number of aromatic nitrogens is 4. The van der Waals surface area contributed by atoms with Gasteiger partial charge in [0.25, 0.3) is 0 Å². The fourth-order valence-electron chi connectivity index (χ4n) is 4.12. The summed E-state index contributed by atoms with van der Waals surface area (Å²) < 4.78 is 8.06. The van der Waals surface area contributed by atoms with E-state index in [-0.39, 0.29) is 5.82 Å². The van der Waals surface area contributed by atoms with Crippen LogP contribution in [0.1, 0.15) is 5.56 Å². The average Bonchev–Trinajstić information content (AvgIpc) is 3.49. The Bertz CT molecular complexity index is 1730. The number of nitriles is 1. The van der Waals surface area contributed by atoms with Gasteiger partial charge >= 0.3 is 0 Å². The first-order valence-electron chi connectivity index (χ1n) is 11.1. The number of nitrogen functional groups attached to an aromatic ring is 1. The van der Waals surface area contributed by atoms with Crippen molar-refractivity contribution in [2.24, 2.45) is 0 Å². The summed E-state index contributed by atoms with van der Waals surface area (Å²) in [6.45, 7) is 0. The second-order valence-corrected chi connectivity index (χ2v) is 9.03. The first-order valence-corrected chi connectivity index (χ1v) is 11.9. The molecule has 9 heteroatoms. The number of anilines is 3. The Morgan fingerprint density at radius 2 is 1.72 bits per heavy atom. The molecule has 0 unspecified atom stereocenters. The monoisotopic (exact) mass is 489 g/mol. The minimum atomic E-state index is 0.273. The molecule has 0 radical (unpaired) electrons. The largest absolute Gasteiger partial charge is 0.497 e. The third-order valence-electron chi connectivity index (χ3n) is 5.81. The van der Waals surface area contributed by atoms with Gasteiger partial charge < -0.3 is 15.8 Å². The third kappa shape index (κ3) is 3.57. The maximum Gasteiger partial charge on any atom is 0.178 e. The number of benzene rings is 3. The maximum absolute atomic E-state index is 10.0. The molecule has 0 atom stereocenters. The molecule has 0 amide bonds. The van der Waals surface area contributed by atoms with Crippen LogP contribution in [0.5, 0.6) is 5.75 Å². The van der Waals surface area contributed by atoms with E-state index >= 15 is 0 Å². The molecule has 0 aliphatic heterocycles. The Morgan fingerprint density at radius 3 is 2.44 bits per heavy atom. The van der Waals surface area contributed by atoms with E-state index in [1.807, 2.05) is 78.9 Å². The quantitative estimate of drug-likeness (QED) is 0.311. The van der Waals surface area contributed by atoms with Gasteiger partial charge in [0.2, 0.25) is 0 Å². The fraction of sp³-hybridized carbons (Fsp3) is 0.0370. The van der Waals surface area contributed by atoms with Crippen molar-refractivity contribution in [3.63, 3.8) is 0 Å². The lowest BCUT2D eigenvalue weighted by Gasteiger charge is -2.13. The van der Waals surface area contributed by atoms with Crippen LogP contribution in [0, 0.1) is 11.3 Å². The van der Waals surface area contributed by atoms with Crippen LogP contribution in [0.15, 0.2) is 78.9 Å². The molecule has 3 aromatic carbocycles. The van der Waals surface area contributed by atoms with Gasteiger partial charge in [-0.3, -0.25) is 0 Å².